The van der Waals surface area contributed by atoms with Gasteiger partial charge in [-0.25, -0.2) is 0 Å². The largest absolute Gasteiger partial charge is 0.394 e. The lowest BCUT2D eigenvalue weighted by atomic mass is 9.47. The summed E-state index contributed by atoms with van der Waals surface area (Å²) in [6.45, 7) is 10.5. The molecule has 254 valence electrons. The van der Waals surface area contributed by atoms with Crippen molar-refractivity contribution in [1.82, 2.24) is 0 Å². The molecule has 2 saturated heterocycles. The van der Waals surface area contributed by atoms with Gasteiger partial charge in [0.25, 0.3) is 0 Å². The Morgan fingerprint density at radius 1 is 0.864 bits per heavy atom. The summed E-state index contributed by atoms with van der Waals surface area (Å²) in [7, 11) is 0. The van der Waals surface area contributed by atoms with Gasteiger partial charge >= 0.3 is 0 Å². The molecule has 0 aromatic heterocycles. The molecular formula is C32H54O12. The quantitative estimate of drug-likeness (QED) is 0.144. The predicted octanol–water partition coefficient (Wildman–Crippen LogP) is 0.125. The van der Waals surface area contributed by atoms with Crippen LogP contribution in [-0.4, -0.2) is 129 Å². The van der Waals surface area contributed by atoms with Crippen LogP contribution in [0.25, 0.3) is 0 Å². The Bertz CT molecular complexity index is 988. The van der Waals surface area contributed by atoms with Crippen LogP contribution >= 0.6 is 0 Å². The maximum atomic E-state index is 10.5. The van der Waals surface area contributed by atoms with Crippen LogP contribution in [0.1, 0.15) is 65.7 Å². The smallest absolute Gasteiger partial charge is 0.187 e. The number of hydrogen-bond acceptors (Lipinski definition) is 12. The van der Waals surface area contributed by atoms with Gasteiger partial charge in [-0.3, -0.25) is 0 Å². The minimum absolute atomic E-state index is 0.0197. The van der Waals surface area contributed by atoms with Crippen molar-refractivity contribution in [1.29, 1.82) is 0 Å². The number of aliphatic hydroxyl groups excluding tert-OH is 8. The summed E-state index contributed by atoms with van der Waals surface area (Å²) in [6.07, 6.45) is -4.51. The maximum Gasteiger partial charge on any atom is 0.187 e. The van der Waals surface area contributed by atoms with Crippen molar-refractivity contribution >= 4 is 0 Å². The lowest BCUT2D eigenvalue weighted by Crippen LogP contribution is -2.60. The highest BCUT2D eigenvalue weighted by molar-refractivity contribution is 5.17. The van der Waals surface area contributed by atoms with Gasteiger partial charge < -0.3 is 59.8 Å². The molecule has 12 nitrogen and oxygen atoms in total. The number of rotatable bonds is 11. The van der Waals surface area contributed by atoms with Crippen molar-refractivity contribution in [2.24, 2.45) is 22.7 Å². The van der Waals surface area contributed by atoms with E-state index in [2.05, 4.69) is 20.4 Å². The van der Waals surface area contributed by atoms with Gasteiger partial charge in [-0.1, -0.05) is 44.1 Å². The average Bonchev–Trinajstić information content (AvgIpc) is 2.99. The zero-order valence-electron chi connectivity index (χ0n) is 26.2. The topological polar surface area (TPSA) is 199 Å². The Kier molecular flexibility index (Phi) is 12.1. The molecule has 2 aliphatic carbocycles. The van der Waals surface area contributed by atoms with E-state index in [1.807, 2.05) is 13.0 Å². The van der Waals surface area contributed by atoms with Crippen LogP contribution in [-0.2, 0) is 18.9 Å². The minimum atomic E-state index is -1.48. The molecule has 0 radical (unpaired) electrons. The molecular weight excluding hydrogens is 576 g/mol. The van der Waals surface area contributed by atoms with Crippen molar-refractivity contribution < 1.29 is 59.8 Å². The highest BCUT2D eigenvalue weighted by atomic mass is 16.7. The van der Waals surface area contributed by atoms with E-state index in [0.717, 1.165) is 50.5 Å². The second-order valence-electron chi connectivity index (χ2n) is 13.9. The Labute approximate surface area is 259 Å². The summed E-state index contributed by atoms with van der Waals surface area (Å²) in [5.41, 5.74) is 2.11. The molecule has 2 aliphatic heterocycles. The molecule has 0 aromatic rings. The number of fused-ring (bicyclic) bond motifs is 1. The molecule has 4 rings (SSSR count). The molecule has 0 bridgehead atoms. The lowest BCUT2D eigenvalue weighted by Gasteiger charge is -2.59. The Morgan fingerprint density at radius 2 is 1.43 bits per heavy atom. The van der Waals surface area contributed by atoms with E-state index in [4.69, 9.17) is 18.9 Å². The molecule has 2 saturated carbocycles. The van der Waals surface area contributed by atoms with Crippen LogP contribution in [0.5, 0.6) is 0 Å². The molecule has 2 heterocycles. The zero-order valence-corrected chi connectivity index (χ0v) is 26.2. The molecule has 0 aromatic carbocycles. The summed E-state index contributed by atoms with van der Waals surface area (Å²) in [6, 6.07) is 0. The van der Waals surface area contributed by atoms with E-state index in [1.54, 1.807) is 0 Å². The summed E-state index contributed by atoms with van der Waals surface area (Å²) in [5, 5.41) is 79.9. The molecule has 0 amide bonds. The third-order valence-corrected chi connectivity index (χ3v) is 10.9. The fraction of sp³-hybridized carbons (Fsp3) is 0.875. The number of hydrogen-bond donors (Lipinski definition) is 8. The normalized spacial score (nSPS) is 47.0. The van der Waals surface area contributed by atoms with Gasteiger partial charge in [0, 0.05) is 0 Å². The van der Waals surface area contributed by atoms with Crippen molar-refractivity contribution in [3.8, 4) is 0 Å². The Hall–Kier alpha value is -1.00. The van der Waals surface area contributed by atoms with Crippen molar-refractivity contribution in [2.75, 3.05) is 26.4 Å². The van der Waals surface area contributed by atoms with E-state index in [-0.39, 0.29) is 23.4 Å². The highest BCUT2D eigenvalue weighted by Crippen LogP contribution is 2.62. The minimum Gasteiger partial charge on any atom is -0.394 e. The molecule has 4 fully saturated rings. The number of ether oxygens (including phenoxy) is 4. The van der Waals surface area contributed by atoms with Gasteiger partial charge in [0.15, 0.2) is 12.6 Å². The molecule has 8 N–H and O–H groups in total. The Balaban J connectivity index is 1.36. The van der Waals surface area contributed by atoms with E-state index < -0.39 is 74.6 Å². The average molecular weight is 631 g/mol. The second kappa shape index (κ2) is 14.8. The first kappa shape index (κ1) is 35.8. The predicted molar refractivity (Wildman–Crippen MR) is 158 cm³/mol. The van der Waals surface area contributed by atoms with Gasteiger partial charge in [0.2, 0.25) is 0 Å². The van der Waals surface area contributed by atoms with E-state index >= 15 is 0 Å². The van der Waals surface area contributed by atoms with Gasteiger partial charge in [0.05, 0.1) is 26.4 Å². The van der Waals surface area contributed by atoms with Crippen LogP contribution < -0.4 is 0 Å². The van der Waals surface area contributed by atoms with Crippen molar-refractivity contribution in [2.45, 2.75) is 127 Å². The third kappa shape index (κ3) is 7.27. The van der Waals surface area contributed by atoms with Crippen molar-refractivity contribution in [3.63, 3.8) is 0 Å². The SMILES string of the molecule is C=C1CC[C@H]2[C@@](C)(CO[C@@H]3O[C@H](CO)[C@@H](O)[C@H](O)[C@H]3O)CCC[C@@]2(C)[C@@H]1CC/C(C)=C/CO[C@@H]1O[C@H](CO)[C@@H](O)[C@H](O)[C@H]1O. The first-order valence-electron chi connectivity index (χ1n) is 15.9. The van der Waals surface area contributed by atoms with Gasteiger partial charge in [-0.2, -0.15) is 0 Å². The highest BCUT2D eigenvalue weighted by Gasteiger charge is 2.55. The number of allylic oxidation sites excluding steroid dienone is 2. The van der Waals surface area contributed by atoms with Crippen LogP contribution in [0.15, 0.2) is 23.8 Å². The third-order valence-electron chi connectivity index (χ3n) is 10.9. The number of aliphatic hydroxyl groups is 8. The Morgan fingerprint density at radius 3 is 2.00 bits per heavy atom. The van der Waals surface area contributed by atoms with Gasteiger partial charge in [-0.05, 0) is 68.1 Å². The fourth-order valence-corrected chi connectivity index (χ4v) is 8.23. The monoisotopic (exact) mass is 630 g/mol. The first-order chi connectivity index (χ1) is 20.8. The molecule has 0 spiro atoms. The molecule has 44 heavy (non-hydrogen) atoms. The van der Waals surface area contributed by atoms with Crippen molar-refractivity contribution in [3.05, 3.63) is 23.8 Å². The molecule has 14 atom stereocenters. The summed E-state index contributed by atoms with van der Waals surface area (Å²) in [4.78, 5) is 0. The molecule has 0 unspecified atom stereocenters. The van der Waals surface area contributed by atoms with Crippen LogP contribution in [0, 0.1) is 22.7 Å². The van der Waals surface area contributed by atoms with Crippen LogP contribution in [0.3, 0.4) is 0 Å². The lowest BCUT2D eigenvalue weighted by molar-refractivity contribution is -0.309. The van der Waals surface area contributed by atoms with E-state index in [9.17, 15) is 40.9 Å². The molecule has 12 heteroatoms. The first-order valence-corrected chi connectivity index (χ1v) is 15.9. The van der Waals surface area contributed by atoms with Crippen LogP contribution in [0.4, 0.5) is 0 Å². The zero-order chi connectivity index (χ0) is 32.4. The molecule has 4 aliphatic rings. The summed E-state index contributed by atoms with van der Waals surface area (Å²) < 4.78 is 22.8. The summed E-state index contributed by atoms with van der Waals surface area (Å²) >= 11 is 0. The second-order valence-corrected chi connectivity index (χ2v) is 13.9. The summed E-state index contributed by atoms with van der Waals surface area (Å²) in [5.74, 6) is 0.603. The van der Waals surface area contributed by atoms with E-state index in [1.165, 1.54) is 5.57 Å². The maximum absolute atomic E-state index is 10.5. The van der Waals surface area contributed by atoms with Gasteiger partial charge in [0.1, 0.15) is 48.8 Å². The van der Waals surface area contributed by atoms with E-state index in [0.29, 0.717) is 12.5 Å². The fourth-order valence-electron chi connectivity index (χ4n) is 8.23. The van der Waals surface area contributed by atoms with Crippen LogP contribution in [0.2, 0.25) is 0 Å². The standard InChI is InChI=1S/C32H54O12/c1-17(10-13-41-29-27(39)25(37)23(35)20(14-33)43-29)6-8-19-18(2)7-9-22-31(3,11-5-12-32(19,22)4)16-42-30-28(40)26(38)24(36)21(15-34)44-30/h10,19-30,33-40H,2,5-9,11-16H2,1,3-4H3/b17-10+/t19-,20-,21-,22+,23-,24-,25+,26+,27-,28-,29-,30-,31-,32+/m1/s1. The van der Waals surface area contributed by atoms with Gasteiger partial charge in [-0.15, -0.1) is 0 Å².